The molecule has 0 bridgehead atoms. The van der Waals surface area contributed by atoms with Gasteiger partial charge in [0.2, 0.25) is 0 Å². The Bertz CT molecular complexity index is 795. The third-order valence-electron chi connectivity index (χ3n) is 4.80. The molecule has 172 valence electrons. The SMILES string of the molecule is CC(=O)OC[C@H](OC(C)=O)[C@H](OC(C)=O)[C@@H]1C(=O)C=C2CN(C(=O)OC(C)(C)C)C[C@H]21. The molecule has 1 aliphatic heterocycles. The molecular formula is C21H29NO9. The number of amides is 1. The van der Waals surface area contributed by atoms with Crippen LogP contribution in [0.4, 0.5) is 4.79 Å². The average molecular weight is 439 g/mol. The minimum atomic E-state index is -1.19. The monoisotopic (exact) mass is 439 g/mol. The molecule has 0 N–H and O–H groups in total. The zero-order chi connectivity index (χ0) is 23.5. The zero-order valence-electron chi connectivity index (χ0n) is 18.6. The van der Waals surface area contributed by atoms with Gasteiger partial charge in [-0.25, -0.2) is 4.79 Å². The highest BCUT2D eigenvalue weighted by atomic mass is 16.6. The fraction of sp³-hybridized carbons (Fsp3) is 0.667. The Hall–Kier alpha value is -2.91. The van der Waals surface area contributed by atoms with E-state index in [1.54, 1.807) is 20.8 Å². The summed E-state index contributed by atoms with van der Waals surface area (Å²) in [6, 6.07) is 0. The minimum absolute atomic E-state index is 0.176. The van der Waals surface area contributed by atoms with Crippen LogP contribution in [-0.2, 0) is 38.1 Å². The summed E-state index contributed by atoms with van der Waals surface area (Å²) >= 11 is 0. The molecule has 0 aromatic heterocycles. The molecule has 1 saturated heterocycles. The van der Waals surface area contributed by atoms with Gasteiger partial charge in [-0.3, -0.25) is 19.2 Å². The van der Waals surface area contributed by atoms with Gasteiger partial charge in [-0.2, -0.15) is 0 Å². The number of esters is 3. The normalized spacial score (nSPS) is 22.2. The predicted octanol–water partition coefficient (Wildman–Crippen LogP) is 1.41. The third-order valence-corrected chi connectivity index (χ3v) is 4.80. The van der Waals surface area contributed by atoms with Crippen molar-refractivity contribution in [3.05, 3.63) is 11.6 Å². The van der Waals surface area contributed by atoms with E-state index < -0.39 is 53.6 Å². The average Bonchev–Trinajstić information content (AvgIpc) is 3.11. The highest BCUT2D eigenvalue weighted by molar-refractivity contribution is 5.97. The van der Waals surface area contributed by atoms with Gasteiger partial charge in [0.25, 0.3) is 0 Å². The molecule has 2 aliphatic rings. The summed E-state index contributed by atoms with van der Waals surface area (Å²) in [4.78, 5) is 61.4. The first-order chi connectivity index (χ1) is 14.3. The van der Waals surface area contributed by atoms with Gasteiger partial charge in [0, 0.05) is 39.8 Å². The van der Waals surface area contributed by atoms with Crippen LogP contribution in [0.3, 0.4) is 0 Å². The Morgan fingerprint density at radius 2 is 1.68 bits per heavy atom. The van der Waals surface area contributed by atoms with Gasteiger partial charge in [0.05, 0.1) is 5.92 Å². The molecule has 0 aromatic rings. The first-order valence-corrected chi connectivity index (χ1v) is 9.98. The van der Waals surface area contributed by atoms with Crippen LogP contribution in [0.2, 0.25) is 0 Å². The fourth-order valence-corrected chi connectivity index (χ4v) is 3.77. The number of hydrogen-bond acceptors (Lipinski definition) is 9. The zero-order valence-corrected chi connectivity index (χ0v) is 18.6. The second-order valence-corrected chi connectivity index (χ2v) is 8.64. The number of rotatable bonds is 6. The van der Waals surface area contributed by atoms with Crippen LogP contribution in [0.1, 0.15) is 41.5 Å². The number of carbonyl (C=O) groups excluding carboxylic acids is 5. The second kappa shape index (κ2) is 9.49. The molecule has 1 aliphatic carbocycles. The van der Waals surface area contributed by atoms with E-state index in [-0.39, 0.29) is 25.5 Å². The number of allylic oxidation sites excluding steroid dienone is 1. The minimum Gasteiger partial charge on any atom is -0.462 e. The Kier molecular flexibility index (Phi) is 7.45. The number of likely N-dealkylation sites (tertiary alicyclic amines) is 1. The van der Waals surface area contributed by atoms with E-state index in [9.17, 15) is 24.0 Å². The van der Waals surface area contributed by atoms with E-state index in [4.69, 9.17) is 18.9 Å². The van der Waals surface area contributed by atoms with Crippen LogP contribution < -0.4 is 0 Å². The van der Waals surface area contributed by atoms with Gasteiger partial charge >= 0.3 is 24.0 Å². The van der Waals surface area contributed by atoms with Crippen LogP contribution in [0, 0.1) is 11.8 Å². The number of nitrogens with zero attached hydrogens (tertiary/aromatic N) is 1. The highest BCUT2D eigenvalue weighted by Crippen LogP contribution is 2.40. The maximum absolute atomic E-state index is 12.8. The number of carbonyl (C=O) groups is 5. The van der Waals surface area contributed by atoms with Crippen molar-refractivity contribution < 1.29 is 42.9 Å². The van der Waals surface area contributed by atoms with Gasteiger partial charge in [-0.05, 0) is 32.4 Å². The van der Waals surface area contributed by atoms with Crippen molar-refractivity contribution in [2.75, 3.05) is 19.7 Å². The summed E-state index contributed by atoms with van der Waals surface area (Å²) in [6.45, 7) is 8.77. The molecule has 10 nitrogen and oxygen atoms in total. The molecule has 4 atom stereocenters. The molecule has 0 saturated carbocycles. The van der Waals surface area contributed by atoms with Crippen LogP contribution in [-0.4, -0.2) is 72.2 Å². The fourth-order valence-electron chi connectivity index (χ4n) is 3.77. The van der Waals surface area contributed by atoms with Crippen molar-refractivity contribution >= 4 is 29.8 Å². The first kappa shape index (κ1) is 24.4. The van der Waals surface area contributed by atoms with Crippen LogP contribution in [0.15, 0.2) is 11.6 Å². The summed E-state index contributed by atoms with van der Waals surface area (Å²) in [6.07, 6.45) is -1.46. The number of ketones is 1. The van der Waals surface area contributed by atoms with Gasteiger partial charge in [-0.1, -0.05) is 0 Å². The lowest BCUT2D eigenvalue weighted by Crippen LogP contribution is -2.47. The lowest BCUT2D eigenvalue weighted by atomic mass is 9.85. The van der Waals surface area contributed by atoms with Crippen LogP contribution in [0.25, 0.3) is 0 Å². The van der Waals surface area contributed by atoms with Crippen LogP contribution in [0.5, 0.6) is 0 Å². The van der Waals surface area contributed by atoms with E-state index in [0.717, 1.165) is 6.92 Å². The van der Waals surface area contributed by atoms with Gasteiger partial charge in [0.15, 0.2) is 18.0 Å². The predicted molar refractivity (Wildman–Crippen MR) is 106 cm³/mol. The molecule has 0 aromatic carbocycles. The first-order valence-electron chi connectivity index (χ1n) is 9.98. The van der Waals surface area contributed by atoms with Crippen LogP contribution >= 0.6 is 0 Å². The Labute approximate surface area is 180 Å². The highest BCUT2D eigenvalue weighted by Gasteiger charge is 2.51. The van der Waals surface area contributed by atoms with E-state index in [1.165, 1.54) is 24.8 Å². The molecule has 31 heavy (non-hydrogen) atoms. The Morgan fingerprint density at radius 1 is 1.06 bits per heavy atom. The summed E-state index contributed by atoms with van der Waals surface area (Å²) in [5.74, 6) is -3.64. The Balaban J connectivity index is 2.28. The van der Waals surface area contributed by atoms with E-state index >= 15 is 0 Å². The molecule has 0 radical (unpaired) electrons. The summed E-state index contributed by atoms with van der Waals surface area (Å²) < 4.78 is 21.0. The van der Waals surface area contributed by atoms with E-state index in [2.05, 4.69) is 0 Å². The van der Waals surface area contributed by atoms with Gasteiger partial charge in [-0.15, -0.1) is 0 Å². The lowest BCUT2D eigenvalue weighted by molar-refractivity contribution is -0.179. The summed E-state index contributed by atoms with van der Waals surface area (Å²) in [5.41, 5.74) is 0.0235. The third kappa shape index (κ3) is 6.53. The Morgan fingerprint density at radius 3 is 2.19 bits per heavy atom. The van der Waals surface area contributed by atoms with Crippen molar-refractivity contribution in [3.8, 4) is 0 Å². The molecule has 1 heterocycles. The lowest BCUT2D eigenvalue weighted by Gasteiger charge is -2.32. The molecule has 0 spiro atoms. The molecule has 1 fully saturated rings. The van der Waals surface area contributed by atoms with Crippen molar-refractivity contribution in [3.63, 3.8) is 0 Å². The van der Waals surface area contributed by atoms with E-state index in [0.29, 0.717) is 5.57 Å². The maximum Gasteiger partial charge on any atom is 0.410 e. The number of fused-ring (bicyclic) bond motifs is 1. The van der Waals surface area contributed by atoms with Gasteiger partial charge < -0.3 is 23.8 Å². The molecule has 10 heteroatoms. The molecule has 2 rings (SSSR count). The largest absolute Gasteiger partial charge is 0.462 e. The van der Waals surface area contributed by atoms with Crippen molar-refractivity contribution in [1.82, 2.24) is 4.90 Å². The number of hydrogen-bond donors (Lipinski definition) is 0. The molecular weight excluding hydrogens is 410 g/mol. The van der Waals surface area contributed by atoms with Crippen molar-refractivity contribution in [1.29, 1.82) is 0 Å². The second-order valence-electron chi connectivity index (χ2n) is 8.64. The topological polar surface area (TPSA) is 126 Å². The molecule has 1 amide bonds. The molecule has 0 unspecified atom stereocenters. The van der Waals surface area contributed by atoms with Crippen molar-refractivity contribution in [2.45, 2.75) is 59.4 Å². The van der Waals surface area contributed by atoms with E-state index in [1.807, 2.05) is 0 Å². The smallest absolute Gasteiger partial charge is 0.410 e. The summed E-state index contributed by atoms with van der Waals surface area (Å²) in [7, 11) is 0. The maximum atomic E-state index is 12.8. The van der Waals surface area contributed by atoms with Gasteiger partial charge in [0.1, 0.15) is 12.2 Å². The standard InChI is InChI=1S/C21H29NO9/c1-11(23)28-10-17(29-12(2)24)19(30-13(3)25)18-15-9-22(8-14(15)7-16(18)26)20(27)31-21(4,5)6/h7,15,17-19H,8-10H2,1-6H3/t15-,17+,18+,19+/m1/s1. The van der Waals surface area contributed by atoms with Crippen molar-refractivity contribution in [2.24, 2.45) is 11.8 Å². The summed E-state index contributed by atoms with van der Waals surface area (Å²) in [5, 5.41) is 0. The quantitative estimate of drug-likeness (QED) is 0.446. The number of ether oxygens (including phenoxy) is 4.